The van der Waals surface area contributed by atoms with Crippen molar-refractivity contribution in [1.82, 2.24) is 20.4 Å². The molecule has 0 saturated carbocycles. The third-order valence-corrected chi connectivity index (χ3v) is 3.14. The van der Waals surface area contributed by atoms with Crippen molar-refractivity contribution < 1.29 is 9.32 Å². The minimum Gasteiger partial charge on any atom is -0.337 e. The van der Waals surface area contributed by atoms with Crippen LogP contribution in [0, 0.1) is 6.92 Å². The Bertz CT molecular complexity index is 619. The molecule has 7 heteroatoms. The summed E-state index contributed by atoms with van der Waals surface area (Å²) in [6.45, 7) is 2.84. The first kappa shape index (κ1) is 12.7. The molecule has 3 rings (SSSR count). The molecule has 1 fully saturated rings. The number of nitrogens with zero attached hydrogens (tertiary/aromatic N) is 3. The number of nitrogens with one attached hydrogen (secondary N) is 2. The van der Waals surface area contributed by atoms with Crippen molar-refractivity contribution in [1.29, 1.82) is 0 Å². The van der Waals surface area contributed by atoms with E-state index < -0.39 is 5.91 Å². The van der Waals surface area contributed by atoms with Gasteiger partial charge in [-0.25, -0.2) is 0 Å². The van der Waals surface area contributed by atoms with E-state index >= 15 is 0 Å². The molecular weight excluding hydrogens is 258 g/mol. The van der Waals surface area contributed by atoms with E-state index in [0.717, 1.165) is 24.9 Å². The zero-order chi connectivity index (χ0) is 13.9. The number of hydrogen-bond donors (Lipinski definition) is 2. The lowest BCUT2D eigenvalue weighted by Gasteiger charge is -2.02. The zero-order valence-corrected chi connectivity index (χ0v) is 11.1. The van der Waals surface area contributed by atoms with Crippen molar-refractivity contribution in [2.45, 2.75) is 25.8 Å². The van der Waals surface area contributed by atoms with Crippen LogP contribution in [-0.4, -0.2) is 27.6 Å². The van der Waals surface area contributed by atoms with Crippen LogP contribution in [0.1, 0.15) is 41.0 Å². The van der Waals surface area contributed by atoms with Crippen molar-refractivity contribution in [2.24, 2.45) is 0 Å². The molecule has 0 aliphatic carbocycles. The predicted octanol–water partition coefficient (Wildman–Crippen LogP) is 1.45. The van der Waals surface area contributed by atoms with Crippen LogP contribution in [0.25, 0.3) is 0 Å². The number of carbonyl (C=O) groups is 1. The van der Waals surface area contributed by atoms with Crippen molar-refractivity contribution in [3.05, 3.63) is 35.7 Å². The molecule has 2 aromatic rings. The van der Waals surface area contributed by atoms with Gasteiger partial charge in [-0.2, -0.15) is 4.98 Å². The lowest BCUT2D eigenvalue weighted by Crippen LogP contribution is -2.16. The fourth-order valence-corrected chi connectivity index (χ4v) is 2.17. The number of hydrogen-bond acceptors (Lipinski definition) is 6. The Morgan fingerprint density at radius 1 is 1.50 bits per heavy atom. The van der Waals surface area contributed by atoms with Crippen LogP contribution in [0.15, 0.2) is 23.0 Å². The molecule has 0 aromatic carbocycles. The molecule has 1 atom stereocenters. The number of amides is 1. The lowest BCUT2D eigenvalue weighted by atomic mass is 10.2. The SMILES string of the molecule is Cc1cncc(NC(=O)c2noc(C3CCCN3)n2)c1. The molecule has 1 aliphatic heterocycles. The molecule has 1 saturated heterocycles. The standard InChI is InChI=1S/C13H15N5O2/c1-8-5-9(7-14-6-8)16-12(19)11-17-13(20-18-11)10-3-2-4-15-10/h5-7,10,15H,2-4H2,1H3,(H,16,19). The first-order valence-electron chi connectivity index (χ1n) is 6.52. The van der Waals surface area contributed by atoms with Gasteiger partial charge in [0.25, 0.3) is 11.7 Å². The van der Waals surface area contributed by atoms with Crippen molar-refractivity contribution >= 4 is 11.6 Å². The van der Waals surface area contributed by atoms with Gasteiger partial charge in [0.1, 0.15) is 0 Å². The summed E-state index contributed by atoms with van der Waals surface area (Å²) in [7, 11) is 0. The molecule has 104 valence electrons. The van der Waals surface area contributed by atoms with E-state index in [1.165, 1.54) is 0 Å². The van der Waals surface area contributed by atoms with Crippen LogP contribution >= 0.6 is 0 Å². The maximum Gasteiger partial charge on any atom is 0.297 e. The van der Waals surface area contributed by atoms with Crippen molar-refractivity contribution in [3.8, 4) is 0 Å². The van der Waals surface area contributed by atoms with Gasteiger partial charge in [0.15, 0.2) is 0 Å². The molecule has 2 N–H and O–H groups in total. The third kappa shape index (κ3) is 2.67. The molecule has 0 radical (unpaired) electrons. The van der Waals surface area contributed by atoms with E-state index in [4.69, 9.17) is 4.52 Å². The minimum atomic E-state index is -0.398. The first-order chi connectivity index (χ1) is 9.72. The van der Waals surface area contributed by atoms with E-state index in [2.05, 4.69) is 25.8 Å². The topological polar surface area (TPSA) is 92.9 Å². The van der Waals surface area contributed by atoms with Gasteiger partial charge in [-0.1, -0.05) is 5.16 Å². The molecule has 20 heavy (non-hydrogen) atoms. The summed E-state index contributed by atoms with van der Waals surface area (Å²) in [5.74, 6) is 0.107. The lowest BCUT2D eigenvalue weighted by molar-refractivity contribution is 0.101. The number of aryl methyl sites for hydroxylation is 1. The highest BCUT2D eigenvalue weighted by molar-refractivity contribution is 6.01. The van der Waals surface area contributed by atoms with Gasteiger partial charge >= 0.3 is 0 Å². The number of carbonyl (C=O) groups excluding carboxylic acids is 1. The van der Waals surface area contributed by atoms with E-state index in [9.17, 15) is 4.79 Å². The molecule has 0 bridgehead atoms. The zero-order valence-electron chi connectivity index (χ0n) is 11.1. The summed E-state index contributed by atoms with van der Waals surface area (Å²) in [6.07, 6.45) is 5.31. The fraction of sp³-hybridized carbons (Fsp3) is 0.385. The van der Waals surface area contributed by atoms with E-state index in [0.29, 0.717) is 11.6 Å². The van der Waals surface area contributed by atoms with E-state index in [-0.39, 0.29) is 11.9 Å². The highest BCUT2D eigenvalue weighted by Gasteiger charge is 2.24. The Balaban J connectivity index is 1.71. The van der Waals surface area contributed by atoms with Gasteiger partial charge < -0.3 is 15.2 Å². The smallest absolute Gasteiger partial charge is 0.297 e. The van der Waals surface area contributed by atoms with Crippen LogP contribution in [0.4, 0.5) is 5.69 Å². The first-order valence-corrected chi connectivity index (χ1v) is 6.52. The summed E-state index contributed by atoms with van der Waals surface area (Å²) < 4.78 is 5.13. The third-order valence-electron chi connectivity index (χ3n) is 3.14. The molecule has 1 unspecified atom stereocenters. The highest BCUT2D eigenvalue weighted by Crippen LogP contribution is 2.21. The summed E-state index contributed by atoms with van der Waals surface area (Å²) in [6, 6.07) is 1.88. The number of anilines is 1. The normalized spacial score (nSPS) is 18.1. The molecule has 1 amide bonds. The largest absolute Gasteiger partial charge is 0.337 e. The average molecular weight is 273 g/mol. The summed E-state index contributed by atoms with van der Waals surface area (Å²) in [4.78, 5) is 20.2. The maximum absolute atomic E-state index is 12.0. The molecule has 2 aromatic heterocycles. The summed E-state index contributed by atoms with van der Waals surface area (Å²) >= 11 is 0. The molecule has 0 spiro atoms. The van der Waals surface area contributed by atoms with Crippen molar-refractivity contribution in [3.63, 3.8) is 0 Å². The van der Waals surface area contributed by atoms with Crippen LogP contribution < -0.4 is 10.6 Å². The van der Waals surface area contributed by atoms with Gasteiger partial charge in [-0.3, -0.25) is 9.78 Å². The average Bonchev–Trinajstić information content (AvgIpc) is 3.10. The summed E-state index contributed by atoms with van der Waals surface area (Å²) in [5, 5.41) is 9.66. The van der Waals surface area contributed by atoms with Gasteiger partial charge in [0.05, 0.1) is 17.9 Å². The van der Waals surface area contributed by atoms with Gasteiger partial charge in [0, 0.05) is 6.20 Å². The van der Waals surface area contributed by atoms with Crippen LogP contribution in [0.5, 0.6) is 0 Å². The number of pyridine rings is 1. The maximum atomic E-state index is 12.0. The molecule has 7 nitrogen and oxygen atoms in total. The summed E-state index contributed by atoms with van der Waals surface area (Å²) in [5.41, 5.74) is 1.58. The van der Waals surface area contributed by atoms with Crippen LogP contribution in [-0.2, 0) is 0 Å². The minimum absolute atomic E-state index is 0.0372. The van der Waals surface area contributed by atoms with E-state index in [1.807, 2.05) is 13.0 Å². The number of rotatable bonds is 3. The van der Waals surface area contributed by atoms with E-state index in [1.54, 1.807) is 12.4 Å². The van der Waals surface area contributed by atoms with Crippen LogP contribution in [0.3, 0.4) is 0 Å². The molecule has 3 heterocycles. The molecular formula is C13H15N5O2. The van der Waals surface area contributed by atoms with Gasteiger partial charge in [-0.05, 0) is 37.9 Å². The second-order valence-corrected chi connectivity index (χ2v) is 4.81. The Labute approximate surface area is 115 Å². The quantitative estimate of drug-likeness (QED) is 0.879. The molecule has 1 aliphatic rings. The van der Waals surface area contributed by atoms with Gasteiger partial charge in [-0.15, -0.1) is 0 Å². The number of aromatic nitrogens is 3. The predicted molar refractivity (Wildman–Crippen MR) is 71.2 cm³/mol. The second-order valence-electron chi connectivity index (χ2n) is 4.81. The Morgan fingerprint density at radius 3 is 3.15 bits per heavy atom. The second kappa shape index (κ2) is 5.38. The Morgan fingerprint density at radius 2 is 2.40 bits per heavy atom. The van der Waals surface area contributed by atoms with Crippen molar-refractivity contribution in [2.75, 3.05) is 11.9 Å². The Kier molecular flexibility index (Phi) is 3.42. The van der Waals surface area contributed by atoms with Crippen LogP contribution in [0.2, 0.25) is 0 Å². The Hall–Kier alpha value is -2.28. The van der Waals surface area contributed by atoms with Gasteiger partial charge in [0.2, 0.25) is 5.89 Å². The monoisotopic (exact) mass is 273 g/mol. The highest BCUT2D eigenvalue weighted by atomic mass is 16.5. The fourth-order valence-electron chi connectivity index (χ4n) is 2.17.